The van der Waals surface area contributed by atoms with Crippen molar-refractivity contribution in [2.45, 2.75) is 38.8 Å². The van der Waals surface area contributed by atoms with Crippen molar-refractivity contribution in [3.05, 3.63) is 0 Å². The van der Waals surface area contributed by atoms with Crippen molar-refractivity contribution in [3.63, 3.8) is 0 Å². The molecule has 4 heteroatoms. The van der Waals surface area contributed by atoms with Gasteiger partial charge in [-0.25, -0.2) is 4.79 Å². The number of hydrogen-bond donors (Lipinski definition) is 2. The van der Waals surface area contributed by atoms with Crippen LogP contribution in [0.3, 0.4) is 0 Å². The Bertz CT molecular complexity index is 170. The smallest absolute Gasteiger partial charge is 0.335 e. The summed E-state index contributed by atoms with van der Waals surface area (Å²) in [4.78, 5) is 10.6. The molecule has 4 nitrogen and oxygen atoms in total. The van der Waals surface area contributed by atoms with E-state index >= 15 is 0 Å². The normalized spacial score (nSPS) is 13.1. The van der Waals surface area contributed by atoms with E-state index in [1.807, 2.05) is 0 Å². The van der Waals surface area contributed by atoms with Crippen LogP contribution in [0, 0.1) is 0 Å². The molecule has 0 aliphatic carbocycles. The maximum absolute atomic E-state index is 10.6. The third-order valence-electron chi connectivity index (χ3n) is 1.32. The molecule has 0 radical (unpaired) electrons. The molecule has 3 N–H and O–H groups in total. The monoisotopic (exact) mass is 175 g/mol. The molecule has 0 spiro atoms. The van der Waals surface area contributed by atoms with E-state index in [1.54, 1.807) is 13.8 Å². The quantitative estimate of drug-likeness (QED) is 0.656. The highest BCUT2D eigenvalue weighted by Gasteiger charge is 2.29. The average molecular weight is 175 g/mol. The fraction of sp³-hybridized carbons (Fsp3) is 0.875. The Hall–Kier alpha value is -0.610. The first-order valence-corrected chi connectivity index (χ1v) is 3.81. The van der Waals surface area contributed by atoms with E-state index < -0.39 is 17.1 Å². The second-order valence-corrected chi connectivity index (χ2v) is 4.09. The molecule has 0 fully saturated rings. The lowest BCUT2D eigenvalue weighted by atomic mass is 10.1. The van der Waals surface area contributed by atoms with Crippen LogP contribution in [0.2, 0.25) is 0 Å². The van der Waals surface area contributed by atoms with E-state index in [-0.39, 0.29) is 6.61 Å². The van der Waals surface area contributed by atoms with E-state index in [2.05, 4.69) is 0 Å². The zero-order valence-electron chi connectivity index (χ0n) is 8.05. The first-order chi connectivity index (χ1) is 5.15. The summed E-state index contributed by atoms with van der Waals surface area (Å²) in [5, 5.41) is 8.67. The van der Waals surface area contributed by atoms with Crippen LogP contribution in [-0.2, 0) is 9.53 Å². The van der Waals surface area contributed by atoms with E-state index in [9.17, 15) is 4.79 Å². The van der Waals surface area contributed by atoms with Gasteiger partial charge in [-0.05, 0) is 27.7 Å². The lowest BCUT2D eigenvalue weighted by Gasteiger charge is -2.26. The molecule has 0 heterocycles. The van der Waals surface area contributed by atoms with Crippen molar-refractivity contribution in [1.29, 1.82) is 0 Å². The topological polar surface area (TPSA) is 72.5 Å². The van der Waals surface area contributed by atoms with Crippen molar-refractivity contribution in [2.75, 3.05) is 6.61 Å². The lowest BCUT2D eigenvalue weighted by Crippen LogP contribution is -2.44. The van der Waals surface area contributed by atoms with Gasteiger partial charge in [-0.3, -0.25) is 0 Å². The molecule has 0 aromatic rings. The molecular weight excluding hydrogens is 158 g/mol. The minimum Gasteiger partial charge on any atom is -0.479 e. The molecule has 0 amide bonds. The zero-order valence-corrected chi connectivity index (χ0v) is 8.05. The second kappa shape index (κ2) is 3.41. The predicted molar refractivity (Wildman–Crippen MR) is 45.9 cm³/mol. The van der Waals surface area contributed by atoms with Gasteiger partial charge >= 0.3 is 5.97 Å². The summed E-state index contributed by atoms with van der Waals surface area (Å²) < 4.78 is 5.13. The lowest BCUT2D eigenvalue weighted by molar-refractivity contribution is -0.162. The third-order valence-corrected chi connectivity index (χ3v) is 1.32. The molecular formula is C8H17NO3. The maximum Gasteiger partial charge on any atom is 0.335 e. The summed E-state index contributed by atoms with van der Waals surface area (Å²) in [7, 11) is 0. The van der Waals surface area contributed by atoms with E-state index in [0.717, 1.165) is 0 Å². The van der Waals surface area contributed by atoms with Crippen molar-refractivity contribution in [1.82, 2.24) is 0 Å². The summed E-state index contributed by atoms with van der Waals surface area (Å²) >= 11 is 0. The van der Waals surface area contributed by atoms with Crippen LogP contribution in [0.5, 0.6) is 0 Å². The summed E-state index contributed by atoms with van der Waals surface area (Å²) in [6, 6.07) is 0. The molecule has 12 heavy (non-hydrogen) atoms. The summed E-state index contributed by atoms with van der Waals surface area (Å²) in [6.45, 7) is 6.80. The number of hydrogen-bond acceptors (Lipinski definition) is 3. The predicted octanol–water partition coefficient (Wildman–Crippen LogP) is 0.603. The Labute approximate surface area is 72.7 Å². The molecule has 0 aromatic heterocycles. The first-order valence-electron chi connectivity index (χ1n) is 3.81. The number of carboxylic acids is 1. The molecule has 0 saturated heterocycles. The molecule has 72 valence electrons. The Balaban J connectivity index is 4.01. The summed E-state index contributed by atoms with van der Waals surface area (Å²) in [5.74, 6) is -0.980. The van der Waals surface area contributed by atoms with Crippen LogP contribution in [0.25, 0.3) is 0 Å². The first kappa shape index (κ1) is 11.4. The van der Waals surface area contributed by atoms with E-state index in [4.69, 9.17) is 15.6 Å². The van der Waals surface area contributed by atoms with Crippen molar-refractivity contribution in [3.8, 4) is 0 Å². The Morgan fingerprint density at radius 2 is 1.83 bits per heavy atom. The molecule has 0 aliphatic heterocycles. The Morgan fingerprint density at radius 1 is 1.42 bits per heavy atom. The largest absolute Gasteiger partial charge is 0.479 e. The molecule has 0 saturated carbocycles. The molecule has 0 aliphatic rings. The summed E-state index contributed by atoms with van der Waals surface area (Å²) in [5.41, 5.74) is 3.98. The van der Waals surface area contributed by atoms with Crippen molar-refractivity contribution >= 4 is 5.97 Å². The van der Waals surface area contributed by atoms with Gasteiger partial charge in [-0.15, -0.1) is 0 Å². The van der Waals surface area contributed by atoms with Crippen molar-refractivity contribution < 1.29 is 14.6 Å². The van der Waals surface area contributed by atoms with Gasteiger partial charge < -0.3 is 15.6 Å². The minimum absolute atomic E-state index is 0.228. The Kier molecular flexibility index (Phi) is 3.24. The standard InChI is InChI=1S/C8H17NO3/c1-7(2,9)5-12-8(3,4)6(10)11/h5,9H2,1-4H3,(H,10,11). The number of ether oxygens (including phenoxy) is 1. The number of carbonyl (C=O) groups is 1. The van der Waals surface area contributed by atoms with Gasteiger partial charge in [0.2, 0.25) is 0 Å². The molecule has 0 bridgehead atoms. The van der Waals surface area contributed by atoms with Crippen LogP contribution in [-0.4, -0.2) is 28.8 Å². The number of aliphatic carboxylic acids is 1. The van der Waals surface area contributed by atoms with Crippen LogP contribution in [0.1, 0.15) is 27.7 Å². The fourth-order valence-corrected chi connectivity index (χ4v) is 0.428. The van der Waals surface area contributed by atoms with E-state index in [1.165, 1.54) is 13.8 Å². The van der Waals surface area contributed by atoms with Gasteiger partial charge in [0.25, 0.3) is 0 Å². The van der Waals surface area contributed by atoms with E-state index in [0.29, 0.717) is 0 Å². The number of nitrogens with two attached hydrogens (primary N) is 1. The molecule has 0 unspecified atom stereocenters. The van der Waals surface area contributed by atoms with Gasteiger partial charge in [0.05, 0.1) is 6.61 Å². The average Bonchev–Trinajstić information content (AvgIpc) is 1.82. The highest BCUT2D eigenvalue weighted by Crippen LogP contribution is 2.11. The zero-order chi connectivity index (χ0) is 9.99. The number of carboxylic acid groups (broad SMARTS) is 1. The SMILES string of the molecule is CC(C)(N)COC(C)(C)C(=O)O. The van der Waals surface area contributed by atoms with Gasteiger partial charge in [-0.1, -0.05) is 0 Å². The molecule has 0 atom stereocenters. The van der Waals surface area contributed by atoms with Crippen LogP contribution >= 0.6 is 0 Å². The van der Waals surface area contributed by atoms with Gasteiger partial charge in [0, 0.05) is 5.54 Å². The Morgan fingerprint density at radius 3 is 2.08 bits per heavy atom. The summed E-state index contributed by atoms with van der Waals surface area (Å²) in [6.07, 6.45) is 0. The second-order valence-electron chi connectivity index (χ2n) is 4.09. The van der Waals surface area contributed by atoms with Crippen LogP contribution in [0.15, 0.2) is 0 Å². The van der Waals surface area contributed by atoms with Crippen LogP contribution < -0.4 is 5.73 Å². The highest BCUT2D eigenvalue weighted by molar-refractivity contribution is 5.76. The highest BCUT2D eigenvalue weighted by atomic mass is 16.5. The van der Waals surface area contributed by atoms with Crippen LogP contribution in [0.4, 0.5) is 0 Å². The maximum atomic E-state index is 10.6. The third kappa shape index (κ3) is 4.31. The van der Waals surface area contributed by atoms with Crippen molar-refractivity contribution in [2.24, 2.45) is 5.73 Å². The fourth-order valence-electron chi connectivity index (χ4n) is 0.428. The number of rotatable bonds is 4. The minimum atomic E-state index is -1.16. The van der Waals surface area contributed by atoms with Gasteiger partial charge in [0.15, 0.2) is 5.60 Å². The van der Waals surface area contributed by atoms with Gasteiger partial charge in [-0.2, -0.15) is 0 Å². The van der Waals surface area contributed by atoms with Gasteiger partial charge in [0.1, 0.15) is 0 Å². The molecule has 0 aromatic carbocycles. The molecule has 0 rings (SSSR count).